The van der Waals surface area contributed by atoms with Crippen LogP contribution in [0, 0.1) is 0 Å². The molecule has 90 valence electrons. The van der Waals surface area contributed by atoms with Gasteiger partial charge in [0, 0.05) is 6.20 Å². The van der Waals surface area contributed by atoms with Crippen molar-refractivity contribution in [2.45, 2.75) is 6.92 Å². The van der Waals surface area contributed by atoms with Crippen molar-refractivity contribution in [3.63, 3.8) is 0 Å². The van der Waals surface area contributed by atoms with Crippen molar-refractivity contribution < 1.29 is 14.3 Å². The first-order valence-corrected chi connectivity index (χ1v) is 5.88. The average Bonchev–Trinajstić information content (AvgIpc) is 2.67. The summed E-state index contributed by atoms with van der Waals surface area (Å²) in [5, 5.41) is 0.669. The summed E-state index contributed by atoms with van der Waals surface area (Å²) in [4.78, 5) is 16.9. The zero-order valence-electron chi connectivity index (χ0n) is 9.52. The largest absolute Gasteiger partial charge is 0.496 e. The Morgan fingerprint density at radius 1 is 1.59 bits per heavy atom. The molecule has 0 aliphatic carbocycles. The number of rotatable bonds is 3. The molecule has 5 nitrogen and oxygen atoms in total. The second kappa shape index (κ2) is 4.58. The second-order valence-electron chi connectivity index (χ2n) is 3.26. The summed E-state index contributed by atoms with van der Waals surface area (Å²) in [6, 6.07) is 1.71. The number of fused-ring (bicyclic) bond motifs is 1. The number of thiophene rings is 1. The Hall–Kier alpha value is -1.82. The van der Waals surface area contributed by atoms with Crippen molar-refractivity contribution in [3.8, 4) is 5.75 Å². The lowest BCUT2D eigenvalue weighted by Crippen LogP contribution is -2.04. The van der Waals surface area contributed by atoms with Crippen molar-refractivity contribution in [1.82, 2.24) is 4.98 Å². The minimum atomic E-state index is -0.421. The molecule has 0 saturated carbocycles. The Labute approximate surface area is 102 Å². The number of aromatic nitrogens is 1. The summed E-state index contributed by atoms with van der Waals surface area (Å²) in [6.45, 7) is 2.07. The number of methoxy groups -OCH3 is 1. The highest BCUT2D eigenvalue weighted by atomic mass is 32.1. The third-order valence-corrected chi connectivity index (χ3v) is 3.36. The van der Waals surface area contributed by atoms with E-state index in [1.807, 2.05) is 0 Å². The maximum Gasteiger partial charge on any atom is 0.350 e. The lowest BCUT2D eigenvalue weighted by molar-refractivity contribution is 0.0533. The zero-order valence-corrected chi connectivity index (χ0v) is 10.3. The van der Waals surface area contributed by atoms with Gasteiger partial charge in [-0.25, -0.2) is 9.78 Å². The van der Waals surface area contributed by atoms with E-state index in [4.69, 9.17) is 15.2 Å². The van der Waals surface area contributed by atoms with Crippen molar-refractivity contribution in [2.24, 2.45) is 0 Å². The first-order chi connectivity index (χ1) is 8.19. The molecule has 0 fully saturated rings. The van der Waals surface area contributed by atoms with E-state index >= 15 is 0 Å². The molecule has 17 heavy (non-hydrogen) atoms. The molecule has 6 heteroatoms. The van der Waals surface area contributed by atoms with Gasteiger partial charge in [0.25, 0.3) is 0 Å². The Bertz CT molecular complexity index is 565. The van der Waals surface area contributed by atoms with E-state index in [1.54, 1.807) is 26.3 Å². The molecule has 0 aromatic carbocycles. The molecule has 0 amide bonds. The molecule has 0 aliphatic rings. The lowest BCUT2D eigenvalue weighted by Gasteiger charge is -2.02. The maximum absolute atomic E-state index is 11.7. The number of nitrogens with zero attached hydrogens (tertiary/aromatic N) is 1. The monoisotopic (exact) mass is 252 g/mol. The highest BCUT2D eigenvalue weighted by molar-refractivity contribution is 7.21. The number of carbonyl (C=O) groups is 1. The van der Waals surface area contributed by atoms with Gasteiger partial charge in [0.15, 0.2) is 0 Å². The van der Waals surface area contributed by atoms with Crippen molar-refractivity contribution in [1.29, 1.82) is 0 Å². The number of anilines is 1. The van der Waals surface area contributed by atoms with Crippen molar-refractivity contribution in [3.05, 3.63) is 17.1 Å². The van der Waals surface area contributed by atoms with Gasteiger partial charge in [0.1, 0.15) is 15.5 Å². The topological polar surface area (TPSA) is 74.4 Å². The summed E-state index contributed by atoms with van der Waals surface area (Å²) < 4.78 is 10.1. The van der Waals surface area contributed by atoms with Crippen LogP contribution >= 0.6 is 11.3 Å². The van der Waals surface area contributed by atoms with E-state index in [0.29, 0.717) is 33.1 Å². The molecule has 0 bridgehead atoms. The fourth-order valence-corrected chi connectivity index (χ4v) is 2.51. The number of hydrogen-bond acceptors (Lipinski definition) is 6. The molecule has 2 heterocycles. The number of nitrogens with two attached hydrogens (primary N) is 1. The maximum atomic E-state index is 11.7. The normalized spacial score (nSPS) is 10.5. The van der Waals surface area contributed by atoms with E-state index in [-0.39, 0.29) is 0 Å². The second-order valence-corrected chi connectivity index (χ2v) is 4.26. The molecule has 2 N–H and O–H groups in total. The van der Waals surface area contributed by atoms with Gasteiger partial charge in [-0.2, -0.15) is 0 Å². The Kier molecular flexibility index (Phi) is 3.14. The molecule has 0 aliphatic heterocycles. The molecule has 0 atom stereocenters. The quantitative estimate of drug-likeness (QED) is 0.846. The van der Waals surface area contributed by atoms with Crippen LogP contribution in [0.4, 0.5) is 5.69 Å². The third kappa shape index (κ3) is 1.91. The van der Waals surface area contributed by atoms with Gasteiger partial charge in [-0.1, -0.05) is 0 Å². The van der Waals surface area contributed by atoms with Crippen LogP contribution in [0.25, 0.3) is 10.2 Å². The van der Waals surface area contributed by atoms with Gasteiger partial charge in [0.2, 0.25) is 0 Å². The van der Waals surface area contributed by atoms with Crippen LogP contribution in [0.3, 0.4) is 0 Å². The number of nitrogen functional groups attached to an aromatic ring is 1. The van der Waals surface area contributed by atoms with Crippen LogP contribution in [0.15, 0.2) is 12.3 Å². The summed E-state index contributed by atoms with van der Waals surface area (Å²) in [6.07, 6.45) is 1.62. The zero-order chi connectivity index (χ0) is 12.4. The Morgan fingerprint density at radius 2 is 2.35 bits per heavy atom. The SMILES string of the molecule is CCOC(=O)c1sc2nccc(OC)c2c1N. The number of esters is 1. The summed E-state index contributed by atoms with van der Waals surface area (Å²) in [5.74, 6) is 0.189. The van der Waals surface area contributed by atoms with Gasteiger partial charge in [-0.05, 0) is 13.0 Å². The van der Waals surface area contributed by atoms with E-state index in [1.165, 1.54) is 11.3 Å². The van der Waals surface area contributed by atoms with Crippen LogP contribution in [0.1, 0.15) is 16.6 Å². The molecule has 0 radical (unpaired) electrons. The predicted octanol–water partition coefficient (Wildman–Crippen LogP) is 2.06. The predicted molar refractivity (Wildman–Crippen MR) is 66.5 cm³/mol. The third-order valence-electron chi connectivity index (χ3n) is 2.27. The minimum absolute atomic E-state index is 0.317. The van der Waals surface area contributed by atoms with Gasteiger partial charge in [-0.15, -0.1) is 11.3 Å². The summed E-state index contributed by atoms with van der Waals surface area (Å²) in [7, 11) is 1.55. The fourth-order valence-electron chi connectivity index (χ4n) is 1.53. The van der Waals surface area contributed by atoms with Gasteiger partial charge in [0.05, 0.1) is 24.8 Å². The van der Waals surface area contributed by atoms with Crippen LogP contribution in [-0.2, 0) is 4.74 Å². The Morgan fingerprint density at radius 3 is 3.00 bits per heavy atom. The minimum Gasteiger partial charge on any atom is -0.496 e. The van der Waals surface area contributed by atoms with E-state index in [0.717, 1.165) is 0 Å². The number of ether oxygens (including phenoxy) is 2. The smallest absolute Gasteiger partial charge is 0.350 e. The van der Waals surface area contributed by atoms with Crippen LogP contribution in [-0.4, -0.2) is 24.7 Å². The van der Waals surface area contributed by atoms with E-state index < -0.39 is 5.97 Å². The average molecular weight is 252 g/mol. The standard InChI is InChI=1S/C11H12N2O3S/c1-3-16-11(14)9-8(12)7-6(15-2)4-5-13-10(7)17-9/h4-5H,3,12H2,1-2H3. The van der Waals surface area contributed by atoms with Crippen LogP contribution in [0.2, 0.25) is 0 Å². The molecule has 2 aromatic heterocycles. The van der Waals surface area contributed by atoms with E-state index in [9.17, 15) is 4.79 Å². The molecule has 0 unspecified atom stereocenters. The fraction of sp³-hybridized carbons (Fsp3) is 0.273. The lowest BCUT2D eigenvalue weighted by atomic mass is 10.2. The molecule has 2 aromatic rings. The molecule has 2 rings (SSSR count). The summed E-state index contributed by atoms with van der Waals surface area (Å²) >= 11 is 1.21. The van der Waals surface area contributed by atoms with E-state index in [2.05, 4.69) is 4.98 Å². The number of carbonyl (C=O) groups excluding carboxylic acids is 1. The first kappa shape index (κ1) is 11.7. The number of pyridine rings is 1. The molecule has 0 saturated heterocycles. The van der Waals surface area contributed by atoms with Crippen molar-refractivity contribution in [2.75, 3.05) is 19.5 Å². The molecular formula is C11H12N2O3S. The van der Waals surface area contributed by atoms with Gasteiger partial charge < -0.3 is 15.2 Å². The van der Waals surface area contributed by atoms with Gasteiger partial charge >= 0.3 is 5.97 Å². The summed E-state index contributed by atoms with van der Waals surface area (Å²) in [5.41, 5.74) is 6.31. The van der Waals surface area contributed by atoms with Crippen LogP contribution in [0.5, 0.6) is 5.75 Å². The highest BCUT2D eigenvalue weighted by Crippen LogP contribution is 2.38. The number of hydrogen-bond donors (Lipinski definition) is 1. The highest BCUT2D eigenvalue weighted by Gasteiger charge is 2.20. The first-order valence-electron chi connectivity index (χ1n) is 5.07. The molecule has 0 spiro atoms. The van der Waals surface area contributed by atoms with Gasteiger partial charge in [-0.3, -0.25) is 0 Å². The van der Waals surface area contributed by atoms with Crippen molar-refractivity contribution >= 4 is 33.2 Å². The Balaban J connectivity index is 2.61. The molecular weight excluding hydrogens is 240 g/mol. The van der Waals surface area contributed by atoms with Crippen LogP contribution < -0.4 is 10.5 Å².